The zero-order valence-electron chi connectivity index (χ0n) is 13.5. The first-order chi connectivity index (χ1) is 8.91. The zero-order chi connectivity index (χ0) is 14.7. The first-order valence-electron chi connectivity index (χ1n) is 7.02. The Kier molecular flexibility index (Phi) is 11.5. The lowest BCUT2D eigenvalue weighted by atomic mass is 10.4. The van der Waals surface area contributed by atoms with Crippen molar-refractivity contribution in [2.75, 3.05) is 67.7 Å². The van der Waals surface area contributed by atoms with Gasteiger partial charge in [-0.2, -0.15) is 0 Å². The summed E-state index contributed by atoms with van der Waals surface area (Å²) in [6.07, 6.45) is 0.242. The lowest BCUT2D eigenvalue weighted by Crippen LogP contribution is -2.27. The van der Waals surface area contributed by atoms with E-state index in [0.717, 1.165) is 26.3 Å². The third kappa shape index (κ3) is 14.0. The topological polar surface area (TPSA) is 34.2 Å². The second-order valence-corrected chi connectivity index (χ2v) is 5.51. The number of nitrogens with zero attached hydrogens (tertiary/aromatic N) is 2. The van der Waals surface area contributed by atoms with Crippen LogP contribution in [0.1, 0.15) is 13.8 Å². The summed E-state index contributed by atoms with van der Waals surface area (Å²) in [7, 11) is 8.15. The molecule has 2 unspecified atom stereocenters. The summed E-state index contributed by atoms with van der Waals surface area (Å²) in [6.45, 7) is 8.69. The Hall–Kier alpha value is -0.200. The van der Waals surface area contributed by atoms with Crippen LogP contribution in [-0.4, -0.2) is 89.7 Å². The van der Waals surface area contributed by atoms with Crippen molar-refractivity contribution in [2.24, 2.45) is 0 Å². The van der Waals surface area contributed by atoms with Crippen molar-refractivity contribution in [3.8, 4) is 0 Å². The van der Waals surface area contributed by atoms with Gasteiger partial charge in [-0.05, 0) is 42.0 Å². The van der Waals surface area contributed by atoms with E-state index in [2.05, 4.69) is 9.80 Å². The molecule has 0 N–H and O–H groups in total. The maximum atomic E-state index is 5.69. The van der Waals surface area contributed by atoms with Gasteiger partial charge in [-0.3, -0.25) is 0 Å². The van der Waals surface area contributed by atoms with Crippen LogP contribution in [0.5, 0.6) is 0 Å². The van der Waals surface area contributed by atoms with Gasteiger partial charge in [0.1, 0.15) is 0 Å². The molecule has 2 atom stereocenters. The van der Waals surface area contributed by atoms with Crippen molar-refractivity contribution < 1.29 is 14.2 Å². The van der Waals surface area contributed by atoms with E-state index >= 15 is 0 Å². The van der Waals surface area contributed by atoms with Gasteiger partial charge in [-0.25, -0.2) is 0 Å². The summed E-state index contributed by atoms with van der Waals surface area (Å²) in [4.78, 5) is 4.21. The fourth-order valence-corrected chi connectivity index (χ4v) is 1.33. The minimum absolute atomic E-state index is 0.113. The summed E-state index contributed by atoms with van der Waals surface area (Å²) in [5.74, 6) is 0. The van der Waals surface area contributed by atoms with Crippen LogP contribution < -0.4 is 0 Å². The standard InChI is InChI=1S/C14H32N2O3/c1-13(11-17-9-7-15(3)4)19-12-14(2)18-10-8-16(5)6/h13-14H,7-12H2,1-6H3. The predicted octanol–water partition coefficient (Wildman–Crippen LogP) is 0.936. The summed E-state index contributed by atoms with van der Waals surface area (Å²) in [6, 6.07) is 0. The van der Waals surface area contributed by atoms with E-state index in [9.17, 15) is 0 Å². The lowest BCUT2D eigenvalue weighted by Gasteiger charge is -2.19. The van der Waals surface area contributed by atoms with Gasteiger partial charge in [0.05, 0.1) is 38.6 Å². The Morgan fingerprint density at radius 2 is 1.26 bits per heavy atom. The van der Waals surface area contributed by atoms with Crippen LogP contribution in [0.3, 0.4) is 0 Å². The Balaban J connectivity index is 3.42. The average Bonchev–Trinajstić information content (AvgIpc) is 2.31. The molecule has 0 amide bonds. The number of hydrogen-bond donors (Lipinski definition) is 0. The van der Waals surface area contributed by atoms with E-state index in [4.69, 9.17) is 14.2 Å². The number of ether oxygens (including phenoxy) is 3. The Bertz CT molecular complexity index is 201. The SMILES string of the molecule is CC(COCCN(C)C)OCC(C)OCCN(C)C. The molecule has 0 aromatic carbocycles. The fourth-order valence-electron chi connectivity index (χ4n) is 1.33. The number of rotatable bonds is 12. The molecule has 0 heterocycles. The molecule has 0 rings (SSSR count). The molecule has 0 spiro atoms. The largest absolute Gasteiger partial charge is 0.377 e. The molecule has 19 heavy (non-hydrogen) atoms. The fraction of sp³-hybridized carbons (Fsp3) is 1.00. The number of likely N-dealkylation sites (N-methyl/N-ethyl adjacent to an activating group) is 2. The summed E-state index contributed by atoms with van der Waals surface area (Å²) in [5.41, 5.74) is 0. The molecule has 5 nitrogen and oxygen atoms in total. The van der Waals surface area contributed by atoms with Crippen molar-refractivity contribution in [1.29, 1.82) is 0 Å². The molecule has 0 aromatic heterocycles. The molecular weight excluding hydrogens is 244 g/mol. The highest BCUT2D eigenvalue weighted by atomic mass is 16.6. The van der Waals surface area contributed by atoms with Gasteiger partial charge in [0.25, 0.3) is 0 Å². The lowest BCUT2D eigenvalue weighted by molar-refractivity contribution is -0.0591. The maximum Gasteiger partial charge on any atom is 0.0781 e. The molecule has 0 bridgehead atoms. The molecular formula is C14H32N2O3. The van der Waals surface area contributed by atoms with Crippen LogP contribution in [0, 0.1) is 0 Å². The normalized spacial score (nSPS) is 15.2. The second kappa shape index (κ2) is 11.6. The highest BCUT2D eigenvalue weighted by Crippen LogP contribution is 1.98. The van der Waals surface area contributed by atoms with E-state index in [0.29, 0.717) is 13.2 Å². The summed E-state index contributed by atoms with van der Waals surface area (Å²) in [5, 5.41) is 0. The molecule has 0 saturated heterocycles. The minimum Gasteiger partial charge on any atom is -0.377 e. The van der Waals surface area contributed by atoms with Crippen LogP contribution in [0.2, 0.25) is 0 Å². The van der Waals surface area contributed by atoms with E-state index in [1.807, 2.05) is 42.0 Å². The van der Waals surface area contributed by atoms with Crippen LogP contribution in [-0.2, 0) is 14.2 Å². The zero-order valence-corrected chi connectivity index (χ0v) is 13.5. The van der Waals surface area contributed by atoms with Crippen molar-refractivity contribution in [3.63, 3.8) is 0 Å². The Morgan fingerprint density at radius 3 is 1.84 bits per heavy atom. The van der Waals surface area contributed by atoms with Crippen molar-refractivity contribution in [2.45, 2.75) is 26.1 Å². The van der Waals surface area contributed by atoms with E-state index < -0.39 is 0 Å². The van der Waals surface area contributed by atoms with Gasteiger partial charge >= 0.3 is 0 Å². The smallest absolute Gasteiger partial charge is 0.0781 e. The van der Waals surface area contributed by atoms with Gasteiger partial charge in [0.15, 0.2) is 0 Å². The van der Waals surface area contributed by atoms with Gasteiger partial charge in [-0.1, -0.05) is 0 Å². The third-order valence-electron chi connectivity index (χ3n) is 2.59. The highest BCUT2D eigenvalue weighted by molar-refractivity contribution is 4.54. The molecule has 0 saturated carbocycles. The predicted molar refractivity (Wildman–Crippen MR) is 78.8 cm³/mol. The number of hydrogen-bond acceptors (Lipinski definition) is 5. The molecule has 0 aliphatic heterocycles. The van der Waals surface area contributed by atoms with Gasteiger partial charge in [-0.15, -0.1) is 0 Å². The Labute approximate surface area is 118 Å². The van der Waals surface area contributed by atoms with Crippen molar-refractivity contribution >= 4 is 0 Å². The minimum atomic E-state index is 0.113. The monoisotopic (exact) mass is 276 g/mol. The van der Waals surface area contributed by atoms with Crippen LogP contribution in [0.15, 0.2) is 0 Å². The van der Waals surface area contributed by atoms with Gasteiger partial charge < -0.3 is 24.0 Å². The highest BCUT2D eigenvalue weighted by Gasteiger charge is 2.07. The van der Waals surface area contributed by atoms with Crippen LogP contribution in [0.4, 0.5) is 0 Å². The second-order valence-electron chi connectivity index (χ2n) is 5.51. The van der Waals surface area contributed by atoms with Gasteiger partial charge in [0, 0.05) is 13.1 Å². The molecule has 0 radical (unpaired) electrons. The van der Waals surface area contributed by atoms with Crippen molar-refractivity contribution in [3.05, 3.63) is 0 Å². The van der Waals surface area contributed by atoms with Gasteiger partial charge in [0.2, 0.25) is 0 Å². The quantitative estimate of drug-likeness (QED) is 0.496. The molecule has 0 aliphatic carbocycles. The summed E-state index contributed by atoms with van der Waals surface area (Å²) >= 11 is 0. The van der Waals surface area contributed by atoms with E-state index in [1.54, 1.807) is 0 Å². The maximum absolute atomic E-state index is 5.69. The first kappa shape index (κ1) is 18.8. The van der Waals surface area contributed by atoms with E-state index in [1.165, 1.54) is 0 Å². The molecule has 116 valence electrons. The first-order valence-corrected chi connectivity index (χ1v) is 7.02. The van der Waals surface area contributed by atoms with Crippen LogP contribution >= 0.6 is 0 Å². The molecule has 5 heteroatoms. The van der Waals surface area contributed by atoms with Crippen molar-refractivity contribution in [1.82, 2.24) is 9.80 Å². The molecule has 0 aromatic rings. The van der Waals surface area contributed by atoms with E-state index in [-0.39, 0.29) is 12.2 Å². The summed E-state index contributed by atoms with van der Waals surface area (Å²) < 4.78 is 16.9. The average molecular weight is 276 g/mol. The Morgan fingerprint density at radius 1 is 0.737 bits per heavy atom. The third-order valence-corrected chi connectivity index (χ3v) is 2.59. The molecule has 0 aliphatic rings. The molecule has 0 fully saturated rings. The van der Waals surface area contributed by atoms with Crippen LogP contribution in [0.25, 0.3) is 0 Å².